The average Bonchev–Trinajstić information content (AvgIpc) is 3.29. The molecule has 2 aromatic carbocycles. The molecule has 1 atom stereocenters. The molecule has 0 spiro atoms. The van der Waals surface area contributed by atoms with E-state index in [9.17, 15) is 22.8 Å². The van der Waals surface area contributed by atoms with Gasteiger partial charge in [-0.25, -0.2) is 4.79 Å². The molecule has 1 aliphatic heterocycles. The van der Waals surface area contributed by atoms with Crippen molar-refractivity contribution >= 4 is 53.5 Å². The molecule has 0 aromatic heterocycles. The van der Waals surface area contributed by atoms with Crippen molar-refractivity contribution in [2.75, 3.05) is 6.54 Å². The van der Waals surface area contributed by atoms with Crippen molar-refractivity contribution in [2.45, 2.75) is 95.1 Å². The third-order valence-corrected chi connectivity index (χ3v) is 14.8. The van der Waals surface area contributed by atoms with Crippen LogP contribution >= 0.6 is 23.2 Å². The molecule has 0 radical (unpaired) electrons. The molecular formula is C31H40Cl2F3NO7SSi. The molecule has 2 aromatic rings. The number of hydrogen-bond donors (Lipinski definition) is 2. The standard InChI is InChI=1S/C30H39Cl2NO4Si.CHF3O3S/c1-30(2,3)38(4,5)37-24-12-10-23(11-13-24)33-15-14-21(28(33)34)16-25-26(31)17-22(18-27(25)32)19-6-8-20(9-7-19)29(35)36;2-1(3,4)8(5,6)7/h6-9,17-18,21,23-24H,10-16H2,1-5H3,(H,35,36);(H,5,6,7)/t21-,23?,24?;/m0./s1. The summed E-state index contributed by atoms with van der Waals surface area (Å²) < 4.78 is 64.2. The Bertz CT molecular complexity index is 1500. The highest BCUT2D eigenvalue weighted by Gasteiger charge is 2.44. The number of aromatic carboxylic acids is 1. The van der Waals surface area contributed by atoms with E-state index < -0.39 is 29.9 Å². The Morgan fingerprint density at radius 3 is 1.91 bits per heavy atom. The van der Waals surface area contributed by atoms with Gasteiger partial charge >= 0.3 is 21.6 Å². The smallest absolute Gasteiger partial charge is 0.478 e. The van der Waals surface area contributed by atoms with Crippen LogP contribution in [0.25, 0.3) is 11.1 Å². The number of carbonyl (C=O) groups is 2. The number of carbonyl (C=O) groups excluding carboxylic acids is 1. The van der Waals surface area contributed by atoms with Crippen molar-refractivity contribution in [1.82, 2.24) is 4.90 Å². The summed E-state index contributed by atoms with van der Waals surface area (Å²) >= 11 is 13.3. The van der Waals surface area contributed by atoms with Gasteiger partial charge in [0.1, 0.15) is 0 Å². The van der Waals surface area contributed by atoms with Gasteiger partial charge in [-0.15, -0.1) is 0 Å². The molecule has 8 nitrogen and oxygen atoms in total. The van der Waals surface area contributed by atoms with E-state index in [-0.39, 0.29) is 28.5 Å². The van der Waals surface area contributed by atoms with Crippen LogP contribution in [-0.4, -0.2) is 67.4 Å². The van der Waals surface area contributed by atoms with Crippen LogP contribution in [-0.2, 0) is 25.8 Å². The molecule has 0 bridgehead atoms. The number of hydrogen-bond acceptors (Lipinski definition) is 5. The maximum Gasteiger partial charge on any atom is 0.522 e. The summed E-state index contributed by atoms with van der Waals surface area (Å²) in [6.07, 6.45) is 5.65. The van der Waals surface area contributed by atoms with Gasteiger partial charge in [0.25, 0.3) is 0 Å². The number of rotatable bonds is 7. The average molecular weight is 727 g/mol. The number of halogens is 5. The lowest BCUT2D eigenvalue weighted by Crippen LogP contribution is -2.47. The number of carboxylic acid groups (broad SMARTS) is 1. The summed E-state index contributed by atoms with van der Waals surface area (Å²) in [6, 6.07) is 10.6. The Morgan fingerprint density at radius 1 is 0.978 bits per heavy atom. The van der Waals surface area contributed by atoms with Gasteiger partial charge in [-0.3, -0.25) is 9.35 Å². The number of nitrogens with zero attached hydrogens (tertiary/aromatic N) is 1. The number of benzene rings is 2. The van der Waals surface area contributed by atoms with Gasteiger partial charge in [0, 0.05) is 34.7 Å². The summed E-state index contributed by atoms with van der Waals surface area (Å²) in [6.45, 7) is 12.2. The lowest BCUT2D eigenvalue weighted by Gasteiger charge is -2.42. The molecule has 1 amide bonds. The van der Waals surface area contributed by atoms with Gasteiger partial charge in [0.15, 0.2) is 8.32 Å². The third kappa shape index (κ3) is 9.47. The van der Waals surface area contributed by atoms with Crippen LogP contribution in [0.4, 0.5) is 13.2 Å². The minimum absolute atomic E-state index is 0.119. The summed E-state index contributed by atoms with van der Waals surface area (Å²) in [5.41, 5.74) is -2.86. The first-order valence-electron chi connectivity index (χ1n) is 14.9. The van der Waals surface area contributed by atoms with Gasteiger partial charge in [-0.05, 0) is 97.6 Å². The Morgan fingerprint density at radius 2 is 1.48 bits per heavy atom. The molecule has 2 aliphatic rings. The van der Waals surface area contributed by atoms with Crippen LogP contribution < -0.4 is 0 Å². The van der Waals surface area contributed by atoms with Crippen molar-refractivity contribution in [1.29, 1.82) is 0 Å². The van der Waals surface area contributed by atoms with Crippen LogP contribution in [0.2, 0.25) is 28.2 Å². The van der Waals surface area contributed by atoms with Gasteiger partial charge in [-0.2, -0.15) is 21.6 Å². The molecule has 256 valence electrons. The van der Waals surface area contributed by atoms with Crippen LogP contribution in [0.3, 0.4) is 0 Å². The predicted octanol–water partition coefficient (Wildman–Crippen LogP) is 8.48. The first-order chi connectivity index (χ1) is 21.0. The molecule has 4 rings (SSSR count). The Hall–Kier alpha value is -2.16. The van der Waals surface area contributed by atoms with Crippen LogP contribution in [0.5, 0.6) is 0 Å². The highest BCUT2D eigenvalue weighted by atomic mass is 35.5. The maximum absolute atomic E-state index is 13.4. The zero-order chi connectivity index (χ0) is 34.8. The van der Waals surface area contributed by atoms with Crippen molar-refractivity contribution in [3.05, 3.63) is 57.6 Å². The molecule has 0 unspecified atom stereocenters. The van der Waals surface area contributed by atoms with E-state index in [2.05, 4.69) is 38.8 Å². The first-order valence-corrected chi connectivity index (χ1v) is 20.0. The number of alkyl halides is 3. The molecular weight excluding hydrogens is 686 g/mol. The number of carboxylic acids is 1. The van der Waals surface area contributed by atoms with E-state index in [4.69, 9.17) is 45.7 Å². The molecule has 1 aliphatic carbocycles. The van der Waals surface area contributed by atoms with Crippen molar-refractivity contribution in [3.63, 3.8) is 0 Å². The molecule has 1 heterocycles. The van der Waals surface area contributed by atoms with E-state index >= 15 is 0 Å². The van der Waals surface area contributed by atoms with Gasteiger partial charge in [0.05, 0.1) is 5.56 Å². The van der Waals surface area contributed by atoms with E-state index in [0.717, 1.165) is 55.3 Å². The van der Waals surface area contributed by atoms with Gasteiger partial charge in [0.2, 0.25) is 5.91 Å². The SMILES string of the molecule is CC(C)(C)[Si](C)(C)OC1CCC(N2CC[C@@H](Cc3c(Cl)cc(-c4ccc(C(=O)O)cc4)cc3Cl)C2=O)CC1.O=S(=O)(O)C(F)(F)F. The zero-order valence-corrected chi connectivity index (χ0v) is 29.7. The minimum Gasteiger partial charge on any atom is -0.478 e. The summed E-state index contributed by atoms with van der Waals surface area (Å²) in [5.74, 6) is -0.878. The second-order valence-electron chi connectivity index (χ2n) is 13.3. The van der Waals surface area contributed by atoms with E-state index in [1.54, 1.807) is 24.3 Å². The summed E-state index contributed by atoms with van der Waals surface area (Å²) in [5, 5.41) is 10.4. The second-order valence-corrected chi connectivity index (χ2v) is 20.2. The molecule has 1 saturated carbocycles. The highest BCUT2D eigenvalue weighted by Crippen LogP contribution is 2.41. The van der Waals surface area contributed by atoms with Crippen LogP contribution in [0, 0.1) is 5.92 Å². The van der Waals surface area contributed by atoms with E-state index in [1.165, 1.54) is 0 Å². The number of amides is 1. The Kier molecular flexibility index (Phi) is 12.1. The van der Waals surface area contributed by atoms with Crippen molar-refractivity contribution < 1.29 is 45.3 Å². The zero-order valence-electron chi connectivity index (χ0n) is 26.3. The van der Waals surface area contributed by atoms with Gasteiger partial charge < -0.3 is 14.4 Å². The monoisotopic (exact) mass is 725 g/mol. The fourth-order valence-corrected chi connectivity index (χ4v) is 7.46. The second kappa shape index (κ2) is 14.5. The molecule has 2 N–H and O–H groups in total. The molecule has 1 saturated heterocycles. The fourth-order valence-electron chi connectivity index (χ4n) is 5.40. The predicted molar refractivity (Wildman–Crippen MR) is 174 cm³/mol. The van der Waals surface area contributed by atoms with E-state index in [0.29, 0.717) is 22.6 Å². The van der Waals surface area contributed by atoms with Crippen molar-refractivity contribution in [2.24, 2.45) is 5.92 Å². The molecule has 46 heavy (non-hydrogen) atoms. The largest absolute Gasteiger partial charge is 0.522 e. The normalized spacial score (nSPS) is 21.2. The quantitative estimate of drug-likeness (QED) is 0.167. The van der Waals surface area contributed by atoms with Crippen LogP contribution in [0.1, 0.15) is 68.8 Å². The maximum atomic E-state index is 13.4. The van der Waals surface area contributed by atoms with Crippen molar-refractivity contribution in [3.8, 4) is 11.1 Å². The lowest BCUT2D eigenvalue weighted by atomic mass is 9.92. The third-order valence-electron chi connectivity index (χ3n) is 9.05. The lowest BCUT2D eigenvalue weighted by molar-refractivity contribution is -0.133. The van der Waals surface area contributed by atoms with E-state index in [1.807, 2.05) is 12.1 Å². The Balaban J connectivity index is 0.000000637. The van der Waals surface area contributed by atoms with Crippen LogP contribution in [0.15, 0.2) is 36.4 Å². The minimum atomic E-state index is -5.84. The highest BCUT2D eigenvalue weighted by molar-refractivity contribution is 7.86. The van der Waals surface area contributed by atoms with Gasteiger partial charge in [-0.1, -0.05) is 56.1 Å². The molecule has 15 heteroatoms. The topological polar surface area (TPSA) is 121 Å². The molecule has 2 fully saturated rings. The summed E-state index contributed by atoms with van der Waals surface area (Å²) in [7, 11) is -7.63. The first kappa shape index (κ1) is 38.3. The fraction of sp³-hybridized carbons (Fsp3) is 0.548. The summed E-state index contributed by atoms with van der Waals surface area (Å²) in [4.78, 5) is 26.6. The Labute approximate surface area is 279 Å². The number of likely N-dealkylation sites (tertiary alicyclic amines) is 1.